The number of nitrogens with two attached hydrogens (primary N) is 2. The second-order valence-electron chi connectivity index (χ2n) is 4.61. The van der Waals surface area contributed by atoms with Gasteiger partial charge in [0.1, 0.15) is 11.9 Å². The van der Waals surface area contributed by atoms with Crippen molar-refractivity contribution in [2.75, 3.05) is 6.61 Å². The van der Waals surface area contributed by atoms with Gasteiger partial charge in [-0.3, -0.25) is 0 Å². The number of rotatable bonds is 2. The monoisotopic (exact) mass is 248 g/mol. The van der Waals surface area contributed by atoms with Crippen molar-refractivity contribution < 1.29 is 5.11 Å². The van der Waals surface area contributed by atoms with Crippen LogP contribution in [0.5, 0.6) is 0 Å². The molecule has 2 heterocycles. The van der Waals surface area contributed by atoms with E-state index < -0.39 is 6.17 Å². The number of imidazole rings is 1. The van der Waals surface area contributed by atoms with Crippen LogP contribution in [0.1, 0.15) is 24.3 Å². The number of guanidine groups is 1. The molecule has 1 aliphatic heterocycles. The Morgan fingerprint density at radius 1 is 1.50 bits per heavy atom. The van der Waals surface area contributed by atoms with Crippen LogP contribution in [0.2, 0.25) is 0 Å². The Bertz CT molecular complexity index is 520. The maximum Gasteiger partial charge on any atom is 0.196 e. The minimum absolute atomic E-state index is 0.153. The molecule has 18 heavy (non-hydrogen) atoms. The lowest BCUT2D eigenvalue weighted by Gasteiger charge is -2.20. The van der Waals surface area contributed by atoms with Crippen molar-refractivity contribution in [1.29, 1.82) is 0 Å². The molecule has 7 heteroatoms. The van der Waals surface area contributed by atoms with Gasteiger partial charge >= 0.3 is 0 Å². The van der Waals surface area contributed by atoms with E-state index >= 15 is 0 Å². The van der Waals surface area contributed by atoms with Crippen LogP contribution in [0.4, 0.5) is 5.82 Å². The summed E-state index contributed by atoms with van der Waals surface area (Å²) in [6.45, 7) is 0.163. The maximum atomic E-state index is 9.15. The first-order chi connectivity index (χ1) is 8.69. The summed E-state index contributed by atoms with van der Waals surface area (Å²) >= 11 is 0. The SMILES string of the molecule is NC1=Nc2c(ncn2[C@H]2C=C[C@@H](CO)C2)C(N)N1. The lowest BCUT2D eigenvalue weighted by Crippen LogP contribution is -2.41. The Morgan fingerprint density at radius 3 is 3.06 bits per heavy atom. The number of hydrogen-bond donors (Lipinski definition) is 4. The van der Waals surface area contributed by atoms with Crippen LogP contribution in [0.25, 0.3) is 0 Å². The number of aliphatic hydroxyl groups excluding tert-OH is 1. The van der Waals surface area contributed by atoms with Gasteiger partial charge in [-0.1, -0.05) is 12.2 Å². The number of hydrogen-bond acceptors (Lipinski definition) is 6. The van der Waals surface area contributed by atoms with Gasteiger partial charge in [-0.05, 0) is 6.42 Å². The van der Waals surface area contributed by atoms with Crippen LogP contribution >= 0.6 is 0 Å². The minimum Gasteiger partial charge on any atom is -0.396 e. The zero-order chi connectivity index (χ0) is 12.7. The Kier molecular flexibility index (Phi) is 2.57. The lowest BCUT2D eigenvalue weighted by atomic mass is 10.1. The van der Waals surface area contributed by atoms with Crippen LogP contribution in [0.3, 0.4) is 0 Å². The molecule has 7 nitrogen and oxygen atoms in total. The van der Waals surface area contributed by atoms with E-state index in [1.807, 2.05) is 10.6 Å². The molecule has 0 radical (unpaired) electrons. The van der Waals surface area contributed by atoms with Crippen LogP contribution in [-0.2, 0) is 0 Å². The average molecular weight is 248 g/mol. The van der Waals surface area contributed by atoms with Gasteiger partial charge in [-0.15, -0.1) is 0 Å². The first-order valence-electron chi connectivity index (χ1n) is 5.91. The average Bonchev–Trinajstić information content (AvgIpc) is 2.93. The fourth-order valence-electron chi connectivity index (χ4n) is 2.41. The first kappa shape index (κ1) is 11.2. The van der Waals surface area contributed by atoms with Crippen LogP contribution < -0.4 is 16.8 Å². The molecule has 2 aliphatic rings. The Morgan fingerprint density at radius 2 is 2.33 bits per heavy atom. The molecule has 0 spiro atoms. The molecule has 0 saturated carbocycles. The van der Waals surface area contributed by atoms with Gasteiger partial charge in [-0.2, -0.15) is 4.99 Å². The molecule has 0 bridgehead atoms. The van der Waals surface area contributed by atoms with Crippen molar-refractivity contribution in [2.24, 2.45) is 22.4 Å². The molecule has 0 amide bonds. The third-order valence-electron chi connectivity index (χ3n) is 3.36. The molecule has 1 aromatic rings. The molecule has 0 saturated heterocycles. The smallest absolute Gasteiger partial charge is 0.196 e. The van der Waals surface area contributed by atoms with Gasteiger partial charge in [0.25, 0.3) is 0 Å². The predicted molar refractivity (Wildman–Crippen MR) is 66.9 cm³/mol. The molecule has 3 atom stereocenters. The van der Waals surface area contributed by atoms with Crippen LogP contribution in [-0.4, -0.2) is 27.2 Å². The molecular formula is C11H16N6O. The summed E-state index contributed by atoms with van der Waals surface area (Å²) in [6.07, 6.45) is 6.23. The highest BCUT2D eigenvalue weighted by atomic mass is 16.3. The summed E-state index contributed by atoms with van der Waals surface area (Å²) < 4.78 is 1.95. The molecule has 0 fully saturated rings. The minimum atomic E-state index is -0.419. The Labute approximate surface area is 104 Å². The van der Waals surface area contributed by atoms with Gasteiger partial charge < -0.3 is 26.5 Å². The highest BCUT2D eigenvalue weighted by molar-refractivity contribution is 5.83. The molecule has 1 aliphatic carbocycles. The summed E-state index contributed by atoms with van der Waals surface area (Å²) in [5, 5.41) is 12.0. The number of nitrogens with zero attached hydrogens (tertiary/aromatic N) is 3. The quantitative estimate of drug-likeness (QED) is 0.527. The molecule has 1 unspecified atom stereocenters. The number of fused-ring (bicyclic) bond motifs is 1. The van der Waals surface area contributed by atoms with Crippen molar-refractivity contribution in [3.63, 3.8) is 0 Å². The van der Waals surface area contributed by atoms with Crippen LogP contribution in [0.15, 0.2) is 23.5 Å². The van der Waals surface area contributed by atoms with Gasteiger partial charge in [-0.25, -0.2) is 4.98 Å². The first-order valence-corrected chi connectivity index (χ1v) is 5.91. The zero-order valence-electron chi connectivity index (χ0n) is 9.82. The second-order valence-corrected chi connectivity index (χ2v) is 4.61. The normalized spacial score (nSPS) is 29.9. The number of aromatic nitrogens is 2. The van der Waals surface area contributed by atoms with E-state index in [-0.39, 0.29) is 18.6 Å². The summed E-state index contributed by atoms with van der Waals surface area (Å²) in [5.41, 5.74) is 12.3. The van der Waals surface area contributed by atoms with E-state index in [1.165, 1.54) is 0 Å². The van der Waals surface area contributed by atoms with Crippen LogP contribution in [0, 0.1) is 5.92 Å². The zero-order valence-corrected chi connectivity index (χ0v) is 9.82. The molecule has 96 valence electrons. The number of nitrogens with one attached hydrogen (secondary N) is 1. The number of aliphatic imine (C=N–C) groups is 1. The fraction of sp³-hybridized carbons (Fsp3) is 0.455. The van der Waals surface area contributed by atoms with E-state index in [0.717, 1.165) is 6.42 Å². The van der Waals surface area contributed by atoms with Crippen molar-refractivity contribution in [1.82, 2.24) is 14.9 Å². The van der Waals surface area contributed by atoms with Gasteiger partial charge in [0.2, 0.25) is 0 Å². The Balaban J connectivity index is 1.95. The second kappa shape index (κ2) is 4.11. The molecule has 0 aromatic carbocycles. The van der Waals surface area contributed by atoms with E-state index in [9.17, 15) is 0 Å². The summed E-state index contributed by atoms with van der Waals surface area (Å²) in [4.78, 5) is 8.54. The van der Waals surface area contributed by atoms with Crippen molar-refractivity contribution >= 4 is 11.8 Å². The van der Waals surface area contributed by atoms with Gasteiger partial charge in [0.15, 0.2) is 11.8 Å². The number of aliphatic hydroxyl groups is 1. The summed E-state index contributed by atoms with van der Waals surface area (Å²) in [7, 11) is 0. The Hall–Kier alpha value is -1.86. The van der Waals surface area contributed by atoms with Crippen molar-refractivity contribution in [3.05, 3.63) is 24.2 Å². The molecule has 6 N–H and O–H groups in total. The summed E-state index contributed by atoms with van der Waals surface area (Å²) in [5.74, 6) is 1.20. The highest BCUT2D eigenvalue weighted by Gasteiger charge is 2.27. The largest absolute Gasteiger partial charge is 0.396 e. The van der Waals surface area contributed by atoms with E-state index in [1.54, 1.807) is 6.33 Å². The number of allylic oxidation sites excluding steroid dienone is 1. The maximum absolute atomic E-state index is 9.15. The highest BCUT2D eigenvalue weighted by Crippen LogP contribution is 2.34. The van der Waals surface area contributed by atoms with E-state index in [4.69, 9.17) is 16.6 Å². The van der Waals surface area contributed by atoms with Crippen molar-refractivity contribution in [3.8, 4) is 0 Å². The van der Waals surface area contributed by atoms with Gasteiger partial charge in [0.05, 0.1) is 12.4 Å². The third kappa shape index (κ3) is 1.68. The van der Waals surface area contributed by atoms with Crippen molar-refractivity contribution in [2.45, 2.75) is 18.6 Å². The molecular weight excluding hydrogens is 232 g/mol. The lowest BCUT2D eigenvalue weighted by molar-refractivity contribution is 0.244. The van der Waals surface area contributed by atoms with E-state index in [0.29, 0.717) is 17.5 Å². The standard InChI is InChI=1S/C11H16N6O/c12-9-8-10(16-11(13)15-9)17(5-14-8)7-2-1-6(3-7)4-18/h1-2,5-7,9,18H,3-4,12H2,(H3,13,15,16)/t6-,7+,9?/m1/s1. The summed E-state index contributed by atoms with van der Waals surface area (Å²) in [6, 6.07) is 0.153. The third-order valence-corrected chi connectivity index (χ3v) is 3.36. The topological polar surface area (TPSA) is 114 Å². The van der Waals surface area contributed by atoms with E-state index in [2.05, 4.69) is 21.4 Å². The molecule has 3 rings (SSSR count). The fourth-order valence-corrected chi connectivity index (χ4v) is 2.41. The van der Waals surface area contributed by atoms with Gasteiger partial charge in [0, 0.05) is 12.5 Å². The predicted octanol–water partition coefficient (Wildman–Crippen LogP) is -0.501. The molecule has 1 aromatic heterocycles.